The van der Waals surface area contributed by atoms with Crippen LogP contribution in [0, 0.1) is 13.8 Å². The summed E-state index contributed by atoms with van der Waals surface area (Å²) >= 11 is 1.77. The van der Waals surface area contributed by atoms with E-state index in [1.54, 1.807) is 11.3 Å². The smallest absolute Gasteiger partial charge is 0.187 e. The molecule has 0 unspecified atom stereocenters. The standard InChI is InChI=1S/C23H31N5OS/c1-16-17(2)30-23-21(16)22(25-20(26-23)15-28-9-11-29-12-10-28)24-13-18-5-7-19(8-6-18)14-27(3)4/h5-8H,9-15H2,1-4H3,(H,24,25,26)/p+2. The molecule has 0 saturated carbocycles. The summed E-state index contributed by atoms with van der Waals surface area (Å²) in [5, 5.41) is 4.78. The van der Waals surface area contributed by atoms with Crippen LogP contribution in [0.2, 0.25) is 0 Å². The molecule has 160 valence electrons. The number of nitrogens with one attached hydrogen (secondary N) is 3. The van der Waals surface area contributed by atoms with Crippen molar-refractivity contribution in [3.63, 3.8) is 0 Å². The van der Waals surface area contributed by atoms with Crippen molar-refractivity contribution in [1.29, 1.82) is 0 Å². The van der Waals surface area contributed by atoms with Crippen molar-refractivity contribution < 1.29 is 14.5 Å². The second-order valence-electron chi connectivity index (χ2n) is 8.54. The number of hydrogen-bond acceptors (Lipinski definition) is 5. The number of fused-ring (bicyclic) bond motifs is 1. The largest absolute Gasteiger partial charge is 0.370 e. The molecule has 7 heteroatoms. The van der Waals surface area contributed by atoms with Gasteiger partial charge in [-0.2, -0.15) is 0 Å². The van der Waals surface area contributed by atoms with Gasteiger partial charge in [0.2, 0.25) is 0 Å². The first-order valence-corrected chi connectivity index (χ1v) is 11.6. The van der Waals surface area contributed by atoms with Crippen LogP contribution in [-0.4, -0.2) is 50.4 Å². The van der Waals surface area contributed by atoms with Gasteiger partial charge in [-0.15, -0.1) is 11.3 Å². The lowest BCUT2D eigenvalue weighted by Crippen LogP contribution is -3.12. The molecule has 3 N–H and O–H groups in total. The van der Waals surface area contributed by atoms with Gasteiger partial charge in [-0.1, -0.05) is 24.3 Å². The number of hydrogen-bond donors (Lipinski definition) is 3. The fourth-order valence-electron chi connectivity index (χ4n) is 3.93. The maximum atomic E-state index is 5.49. The number of ether oxygens (including phenoxy) is 1. The maximum Gasteiger partial charge on any atom is 0.187 e. The molecule has 0 radical (unpaired) electrons. The lowest BCUT2D eigenvalue weighted by molar-refractivity contribution is -0.922. The molecule has 30 heavy (non-hydrogen) atoms. The minimum Gasteiger partial charge on any atom is -0.370 e. The van der Waals surface area contributed by atoms with Crippen molar-refractivity contribution in [1.82, 2.24) is 9.97 Å². The zero-order chi connectivity index (χ0) is 21.1. The van der Waals surface area contributed by atoms with E-state index < -0.39 is 0 Å². The Kier molecular flexibility index (Phi) is 6.63. The number of morpholine rings is 1. The van der Waals surface area contributed by atoms with E-state index in [1.807, 2.05) is 0 Å². The highest BCUT2D eigenvalue weighted by Gasteiger charge is 2.19. The normalized spacial score (nSPS) is 15.2. The van der Waals surface area contributed by atoms with Crippen LogP contribution in [0.5, 0.6) is 0 Å². The van der Waals surface area contributed by atoms with Crippen molar-refractivity contribution >= 4 is 27.4 Å². The molecule has 0 atom stereocenters. The third kappa shape index (κ3) is 4.98. The molecule has 0 spiro atoms. The summed E-state index contributed by atoms with van der Waals surface area (Å²) < 4.78 is 5.49. The van der Waals surface area contributed by atoms with Gasteiger partial charge in [0.1, 0.15) is 36.8 Å². The molecule has 1 aliphatic heterocycles. The van der Waals surface area contributed by atoms with Gasteiger partial charge in [0.25, 0.3) is 0 Å². The third-order valence-electron chi connectivity index (χ3n) is 5.72. The van der Waals surface area contributed by atoms with E-state index in [2.05, 4.69) is 57.5 Å². The van der Waals surface area contributed by atoms with Crippen molar-refractivity contribution in [2.75, 3.05) is 45.7 Å². The van der Waals surface area contributed by atoms with Crippen LogP contribution in [0.3, 0.4) is 0 Å². The predicted molar refractivity (Wildman–Crippen MR) is 122 cm³/mol. The zero-order valence-corrected chi connectivity index (χ0v) is 19.3. The number of anilines is 1. The van der Waals surface area contributed by atoms with Gasteiger partial charge >= 0.3 is 0 Å². The number of benzene rings is 1. The van der Waals surface area contributed by atoms with Crippen LogP contribution in [-0.2, 0) is 24.4 Å². The van der Waals surface area contributed by atoms with Gasteiger partial charge in [0.15, 0.2) is 5.82 Å². The monoisotopic (exact) mass is 427 g/mol. The number of quaternary nitrogens is 2. The molecule has 3 aromatic rings. The summed E-state index contributed by atoms with van der Waals surface area (Å²) in [4.78, 5) is 15.2. The van der Waals surface area contributed by atoms with Crippen molar-refractivity contribution in [2.24, 2.45) is 0 Å². The van der Waals surface area contributed by atoms with Crippen LogP contribution in [0.15, 0.2) is 24.3 Å². The van der Waals surface area contributed by atoms with E-state index in [1.165, 1.54) is 36.8 Å². The van der Waals surface area contributed by atoms with E-state index >= 15 is 0 Å². The molecule has 0 aliphatic carbocycles. The van der Waals surface area contributed by atoms with Gasteiger partial charge in [-0.25, -0.2) is 9.97 Å². The lowest BCUT2D eigenvalue weighted by atomic mass is 10.1. The quantitative estimate of drug-likeness (QED) is 0.526. The highest BCUT2D eigenvalue weighted by atomic mass is 32.1. The number of aryl methyl sites for hydroxylation is 2. The first-order valence-electron chi connectivity index (χ1n) is 10.8. The van der Waals surface area contributed by atoms with Gasteiger partial charge in [-0.05, 0) is 25.0 Å². The van der Waals surface area contributed by atoms with Gasteiger partial charge < -0.3 is 19.9 Å². The first kappa shape index (κ1) is 21.2. The molecule has 6 nitrogen and oxygen atoms in total. The Morgan fingerprint density at radius 2 is 1.77 bits per heavy atom. The minimum atomic E-state index is 0.763. The van der Waals surface area contributed by atoms with Crippen LogP contribution in [0.1, 0.15) is 27.4 Å². The molecule has 1 aromatic carbocycles. The number of nitrogens with zero attached hydrogens (tertiary/aromatic N) is 2. The maximum absolute atomic E-state index is 5.49. The number of rotatable bonds is 7. The number of thiophene rings is 1. The first-order chi connectivity index (χ1) is 14.5. The highest BCUT2D eigenvalue weighted by molar-refractivity contribution is 7.18. The lowest BCUT2D eigenvalue weighted by Gasteiger charge is -2.23. The average Bonchev–Trinajstić information content (AvgIpc) is 3.01. The van der Waals surface area contributed by atoms with Crippen LogP contribution in [0.25, 0.3) is 10.2 Å². The fourth-order valence-corrected chi connectivity index (χ4v) is 4.98. The van der Waals surface area contributed by atoms with Gasteiger partial charge in [0, 0.05) is 17.0 Å². The van der Waals surface area contributed by atoms with Crippen molar-refractivity contribution in [2.45, 2.75) is 33.5 Å². The third-order valence-corrected chi connectivity index (χ3v) is 6.82. The Bertz CT molecular complexity index is 993. The Balaban J connectivity index is 1.55. The molecule has 2 aromatic heterocycles. The van der Waals surface area contributed by atoms with E-state index in [0.29, 0.717) is 0 Å². The molecule has 1 aliphatic rings. The minimum absolute atomic E-state index is 0.763. The Morgan fingerprint density at radius 1 is 1.07 bits per heavy atom. The summed E-state index contributed by atoms with van der Waals surface area (Å²) in [5.41, 5.74) is 3.92. The molecule has 1 saturated heterocycles. The second-order valence-corrected chi connectivity index (χ2v) is 9.75. The van der Waals surface area contributed by atoms with E-state index in [4.69, 9.17) is 14.7 Å². The van der Waals surface area contributed by atoms with Crippen molar-refractivity contribution in [3.05, 3.63) is 51.7 Å². The summed E-state index contributed by atoms with van der Waals surface area (Å²) in [7, 11) is 4.36. The van der Waals surface area contributed by atoms with Crippen molar-refractivity contribution in [3.8, 4) is 0 Å². The molecule has 0 bridgehead atoms. The fraction of sp³-hybridized carbons (Fsp3) is 0.478. The van der Waals surface area contributed by atoms with E-state index in [-0.39, 0.29) is 0 Å². The van der Waals surface area contributed by atoms with Crippen LogP contribution >= 0.6 is 11.3 Å². The Morgan fingerprint density at radius 3 is 2.47 bits per heavy atom. The second kappa shape index (κ2) is 9.39. The average molecular weight is 428 g/mol. The summed E-state index contributed by atoms with van der Waals surface area (Å²) in [6.45, 7) is 10.7. The molecular weight excluding hydrogens is 394 g/mol. The van der Waals surface area contributed by atoms with E-state index in [9.17, 15) is 0 Å². The van der Waals surface area contributed by atoms with E-state index in [0.717, 1.165) is 62.4 Å². The topological polar surface area (TPSA) is 55.9 Å². The van der Waals surface area contributed by atoms with Gasteiger partial charge in [0.05, 0.1) is 32.7 Å². The molecule has 3 heterocycles. The molecule has 1 fully saturated rings. The SMILES string of the molecule is Cc1sc2nc(C[NH+]3CCOCC3)nc(NCc3ccc(C[NH+](C)C)cc3)c2c1C. The summed E-state index contributed by atoms with van der Waals surface area (Å²) in [6, 6.07) is 8.89. The predicted octanol–water partition coefficient (Wildman–Crippen LogP) is 0.980. The summed E-state index contributed by atoms with van der Waals surface area (Å²) in [6.07, 6.45) is 0. The molecule has 0 amide bonds. The molecule has 4 rings (SSSR count). The number of aromatic nitrogens is 2. The Labute approximate surface area is 182 Å². The Hall–Kier alpha value is -2.06. The van der Waals surface area contributed by atoms with Crippen LogP contribution in [0.4, 0.5) is 5.82 Å². The molecular formula is C23H33N5OS+2. The van der Waals surface area contributed by atoms with Gasteiger partial charge in [-0.3, -0.25) is 0 Å². The zero-order valence-electron chi connectivity index (χ0n) is 18.5. The highest BCUT2D eigenvalue weighted by Crippen LogP contribution is 2.33. The van der Waals surface area contributed by atoms with Crippen LogP contribution < -0.4 is 15.1 Å². The summed E-state index contributed by atoms with van der Waals surface area (Å²) in [5.74, 6) is 1.89.